The van der Waals surface area contributed by atoms with E-state index in [0.717, 1.165) is 31.5 Å². The number of hydrogen-bond acceptors (Lipinski definition) is 6. The highest BCUT2D eigenvalue weighted by Crippen LogP contribution is 2.18. The van der Waals surface area contributed by atoms with E-state index in [1.165, 1.54) is 0 Å². The van der Waals surface area contributed by atoms with Gasteiger partial charge in [0, 0.05) is 19.6 Å². The fourth-order valence-corrected chi connectivity index (χ4v) is 4.80. The van der Waals surface area contributed by atoms with E-state index in [4.69, 9.17) is 10.00 Å². The van der Waals surface area contributed by atoms with E-state index in [2.05, 4.69) is 15.7 Å². The molecule has 2 aromatic carbocycles. The summed E-state index contributed by atoms with van der Waals surface area (Å²) in [7, 11) is -3.52. The highest BCUT2D eigenvalue weighted by atomic mass is 32.2. The minimum atomic E-state index is -3.52. The molecular weight excluding hydrogens is 414 g/mol. The van der Waals surface area contributed by atoms with Gasteiger partial charge in [-0.25, -0.2) is 13.1 Å². The summed E-state index contributed by atoms with van der Waals surface area (Å²) >= 11 is 0. The number of sulfonamides is 1. The molecule has 7 nitrogen and oxygen atoms in total. The number of nitrogens with one attached hydrogen (secondary N) is 1. The molecule has 0 bridgehead atoms. The van der Waals surface area contributed by atoms with Crippen molar-refractivity contribution in [2.45, 2.75) is 30.8 Å². The molecule has 2 unspecified atom stereocenters. The monoisotopic (exact) mass is 443 g/mol. The Labute approximate surface area is 184 Å². The molecule has 0 aromatic heterocycles. The number of β-amino-alcohol motifs (C(OH)–C–C–N with tert-alkyl or cyclic N) is 1. The van der Waals surface area contributed by atoms with Crippen molar-refractivity contribution in [3.05, 3.63) is 59.7 Å². The highest BCUT2D eigenvalue weighted by molar-refractivity contribution is 7.89. The number of aliphatic hydroxyl groups excluding tert-OH is 1. The molecule has 0 aliphatic carbocycles. The molecule has 1 aliphatic rings. The first-order valence-electron chi connectivity index (χ1n) is 10.5. The van der Waals surface area contributed by atoms with Crippen LogP contribution in [0.2, 0.25) is 0 Å². The maximum atomic E-state index is 12.5. The van der Waals surface area contributed by atoms with Gasteiger partial charge in [-0.2, -0.15) is 5.26 Å². The van der Waals surface area contributed by atoms with Crippen LogP contribution in [-0.4, -0.2) is 57.3 Å². The first-order chi connectivity index (χ1) is 14.9. The second kappa shape index (κ2) is 10.7. The smallest absolute Gasteiger partial charge is 0.240 e. The Kier molecular flexibility index (Phi) is 8.04. The molecule has 31 heavy (non-hydrogen) atoms. The van der Waals surface area contributed by atoms with Crippen molar-refractivity contribution in [1.29, 1.82) is 5.26 Å². The normalized spacial score (nSPS) is 18.3. The van der Waals surface area contributed by atoms with Gasteiger partial charge in [-0.3, -0.25) is 0 Å². The van der Waals surface area contributed by atoms with E-state index in [9.17, 15) is 13.5 Å². The quantitative estimate of drug-likeness (QED) is 0.617. The van der Waals surface area contributed by atoms with Crippen molar-refractivity contribution in [3.63, 3.8) is 0 Å². The number of nitrogens with zero attached hydrogens (tertiary/aromatic N) is 2. The van der Waals surface area contributed by atoms with E-state index in [1.807, 2.05) is 6.92 Å². The maximum Gasteiger partial charge on any atom is 0.240 e. The molecule has 2 atom stereocenters. The molecule has 1 saturated heterocycles. The van der Waals surface area contributed by atoms with Crippen LogP contribution < -0.4 is 9.46 Å². The lowest BCUT2D eigenvalue weighted by Crippen LogP contribution is -2.44. The van der Waals surface area contributed by atoms with E-state index in [-0.39, 0.29) is 17.4 Å². The minimum absolute atomic E-state index is 0.160. The lowest BCUT2D eigenvalue weighted by Gasteiger charge is -2.33. The Balaban J connectivity index is 1.44. The van der Waals surface area contributed by atoms with E-state index in [1.54, 1.807) is 48.5 Å². The molecular formula is C23H29N3O4S. The van der Waals surface area contributed by atoms with Crippen molar-refractivity contribution < 1.29 is 18.3 Å². The summed E-state index contributed by atoms with van der Waals surface area (Å²) in [5.41, 5.74) is 1.58. The lowest BCUT2D eigenvalue weighted by atomic mass is 9.98. The Morgan fingerprint density at radius 2 is 1.94 bits per heavy atom. The number of hydrogen-bond donors (Lipinski definition) is 2. The van der Waals surface area contributed by atoms with Gasteiger partial charge >= 0.3 is 0 Å². The molecule has 8 heteroatoms. The van der Waals surface area contributed by atoms with Gasteiger partial charge in [-0.05, 0) is 68.6 Å². The van der Waals surface area contributed by atoms with Crippen LogP contribution in [-0.2, 0) is 10.0 Å². The number of likely N-dealkylation sites (tertiary alicyclic amines) is 1. The van der Waals surface area contributed by atoms with Crippen LogP contribution in [0.1, 0.15) is 24.0 Å². The molecule has 1 fully saturated rings. The second-order valence-corrected chi connectivity index (χ2v) is 9.80. The minimum Gasteiger partial charge on any atom is -0.491 e. The third-order valence-corrected chi connectivity index (χ3v) is 6.83. The third kappa shape index (κ3) is 7.04. The summed E-state index contributed by atoms with van der Waals surface area (Å²) in [6.45, 7) is 4.53. The number of nitriles is 1. The molecule has 1 heterocycles. The molecule has 0 spiro atoms. The summed E-state index contributed by atoms with van der Waals surface area (Å²) < 4.78 is 33.4. The summed E-state index contributed by atoms with van der Waals surface area (Å²) in [4.78, 5) is 2.43. The largest absolute Gasteiger partial charge is 0.491 e. The average molecular weight is 444 g/mol. The highest BCUT2D eigenvalue weighted by Gasteiger charge is 2.24. The predicted octanol–water partition coefficient (Wildman–Crippen LogP) is 2.30. The molecule has 2 aromatic rings. The van der Waals surface area contributed by atoms with Gasteiger partial charge in [0.2, 0.25) is 10.0 Å². The van der Waals surface area contributed by atoms with Crippen molar-refractivity contribution in [2.75, 3.05) is 32.8 Å². The molecule has 3 rings (SSSR count). The van der Waals surface area contributed by atoms with E-state index >= 15 is 0 Å². The number of aliphatic hydroxyl groups is 1. The average Bonchev–Trinajstić information content (AvgIpc) is 2.77. The van der Waals surface area contributed by atoms with Gasteiger partial charge in [-0.15, -0.1) is 0 Å². The SMILES string of the molecule is Cc1ccc(S(=O)(=O)NCC2CCCN(CC(O)COc3ccc(C#N)cc3)C2)cc1. The molecule has 0 saturated carbocycles. The van der Waals surface area contributed by atoms with Crippen LogP contribution in [0.3, 0.4) is 0 Å². The van der Waals surface area contributed by atoms with E-state index in [0.29, 0.717) is 24.4 Å². The molecule has 0 radical (unpaired) electrons. The Morgan fingerprint density at radius 3 is 2.61 bits per heavy atom. The zero-order valence-electron chi connectivity index (χ0n) is 17.7. The van der Waals surface area contributed by atoms with Gasteiger partial charge < -0.3 is 14.7 Å². The van der Waals surface area contributed by atoms with Crippen molar-refractivity contribution >= 4 is 10.0 Å². The number of piperidine rings is 1. The van der Waals surface area contributed by atoms with Crippen LogP contribution in [0, 0.1) is 24.2 Å². The summed E-state index contributed by atoms with van der Waals surface area (Å²) in [6, 6.07) is 15.6. The van der Waals surface area contributed by atoms with Crippen molar-refractivity contribution in [1.82, 2.24) is 9.62 Å². The fraction of sp³-hybridized carbons (Fsp3) is 0.435. The second-order valence-electron chi connectivity index (χ2n) is 8.03. The van der Waals surface area contributed by atoms with Gasteiger partial charge in [0.25, 0.3) is 0 Å². The zero-order chi connectivity index (χ0) is 22.3. The first kappa shape index (κ1) is 23.2. The topological polar surface area (TPSA) is 103 Å². The van der Waals surface area contributed by atoms with Crippen LogP contribution in [0.5, 0.6) is 5.75 Å². The van der Waals surface area contributed by atoms with Crippen LogP contribution >= 0.6 is 0 Å². The Hall–Kier alpha value is -2.44. The predicted molar refractivity (Wildman–Crippen MR) is 118 cm³/mol. The number of ether oxygens (including phenoxy) is 1. The zero-order valence-corrected chi connectivity index (χ0v) is 18.5. The molecule has 2 N–H and O–H groups in total. The summed E-state index contributed by atoms with van der Waals surface area (Å²) in [6.07, 6.45) is 1.25. The number of benzene rings is 2. The first-order valence-corrected chi connectivity index (χ1v) is 11.9. The van der Waals surface area contributed by atoms with Crippen molar-refractivity contribution in [3.8, 4) is 11.8 Å². The fourth-order valence-electron chi connectivity index (χ4n) is 3.68. The summed E-state index contributed by atoms with van der Waals surface area (Å²) in [5, 5.41) is 19.2. The van der Waals surface area contributed by atoms with E-state index < -0.39 is 16.1 Å². The van der Waals surface area contributed by atoms with Crippen molar-refractivity contribution in [2.24, 2.45) is 5.92 Å². The van der Waals surface area contributed by atoms with Gasteiger partial charge in [0.1, 0.15) is 18.5 Å². The van der Waals surface area contributed by atoms with Gasteiger partial charge in [0.15, 0.2) is 0 Å². The van der Waals surface area contributed by atoms with Gasteiger partial charge in [-0.1, -0.05) is 17.7 Å². The lowest BCUT2D eigenvalue weighted by molar-refractivity contribution is 0.0524. The molecule has 166 valence electrons. The molecule has 1 aliphatic heterocycles. The van der Waals surface area contributed by atoms with Gasteiger partial charge in [0.05, 0.1) is 16.5 Å². The van der Waals surface area contributed by atoms with Crippen LogP contribution in [0.4, 0.5) is 0 Å². The number of aryl methyl sites for hydroxylation is 1. The molecule has 0 amide bonds. The summed E-state index contributed by atoms with van der Waals surface area (Å²) in [5.74, 6) is 0.806. The number of rotatable bonds is 9. The van der Waals surface area contributed by atoms with Crippen LogP contribution in [0.15, 0.2) is 53.4 Å². The third-order valence-electron chi connectivity index (χ3n) is 5.39. The maximum absolute atomic E-state index is 12.5. The van der Waals surface area contributed by atoms with Crippen LogP contribution in [0.25, 0.3) is 0 Å². The Bertz CT molecular complexity index is 985. The standard InChI is InChI=1S/C23H29N3O4S/c1-18-4-10-23(11-5-18)31(28,29)25-14-20-3-2-12-26(15-20)16-21(27)17-30-22-8-6-19(13-24)7-9-22/h4-11,20-21,25,27H,2-3,12,14-17H2,1H3. The Morgan fingerprint density at radius 1 is 1.23 bits per heavy atom.